The molecule has 2 aromatic carbocycles. The maximum Gasteiger partial charge on any atom is 0.274 e. The quantitative estimate of drug-likeness (QED) is 0.582. The molecule has 2 heterocycles. The average molecular weight is 510 g/mol. The predicted molar refractivity (Wildman–Crippen MR) is 139 cm³/mol. The standard InChI is InChI=1S/C27H28ClN3O4.CH4/c1-14-22(26(34)31(29-14)16-7-9-17(35-5)10-8-16)23-24(32)18(25(23)33)13-21-27(2,3)19-12-15(28)6-11-20(19)30(21)4;/h6-13,18,23-25,29H,1-5H3;1H4/q-2;. The largest absolute Gasteiger partial charge is 0.851 e. The van der Waals surface area contributed by atoms with Crippen LogP contribution in [0.25, 0.3) is 5.69 Å². The number of anilines is 1. The molecule has 5 rings (SSSR count). The number of benzene rings is 2. The normalized spacial score (nSPS) is 25.3. The minimum Gasteiger partial charge on any atom is -0.851 e. The Bertz CT molecular complexity index is 1360. The molecule has 1 aliphatic carbocycles. The summed E-state index contributed by atoms with van der Waals surface area (Å²) in [5.41, 5.74) is 3.66. The van der Waals surface area contributed by atoms with Gasteiger partial charge in [0.1, 0.15) is 5.75 Å². The van der Waals surface area contributed by atoms with Crippen molar-refractivity contribution in [1.29, 1.82) is 0 Å². The first kappa shape index (κ1) is 26.1. The van der Waals surface area contributed by atoms with Crippen molar-refractivity contribution in [3.05, 3.63) is 86.4 Å². The molecule has 36 heavy (non-hydrogen) atoms. The van der Waals surface area contributed by atoms with Gasteiger partial charge in [0.2, 0.25) is 0 Å². The Hall–Kier alpha value is -3.00. The Balaban J connectivity index is 0.00000304. The van der Waals surface area contributed by atoms with Gasteiger partial charge in [-0.05, 0) is 66.8 Å². The van der Waals surface area contributed by atoms with Gasteiger partial charge < -0.3 is 19.8 Å². The number of hydrogen-bond donors (Lipinski definition) is 1. The van der Waals surface area contributed by atoms with Crippen LogP contribution in [0.3, 0.4) is 0 Å². The molecule has 2 unspecified atom stereocenters. The zero-order chi connectivity index (χ0) is 25.2. The summed E-state index contributed by atoms with van der Waals surface area (Å²) in [5.74, 6) is -0.944. The molecule has 3 aromatic rings. The number of rotatable bonds is 4. The molecule has 0 amide bonds. The van der Waals surface area contributed by atoms with Crippen LogP contribution in [0.4, 0.5) is 5.69 Å². The maximum atomic E-state index is 13.4. The van der Waals surface area contributed by atoms with Gasteiger partial charge in [0, 0.05) is 40.1 Å². The molecular weight excluding hydrogens is 478 g/mol. The molecule has 8 heteroatoms. The highest BCUT2D eigenvalue weighted by Crippen LogP contribution is 2.50. The molecule has 1 fully saturated rings. The second-order valence-corrected chi connectivity index (χ2v) is 10.4. The fourth-order valence-corrected chi connectivity index (χ4v) is 5.75. The lowest BCUT2D eigenvalue weighted by Gasteiger charge is -2.60. The average Bonchev–Trinajstić information content (AvgIpc) is 3.22. The second kappa shape index (κ2) is 9.14. The Labute approximate surface area is 216 Å². The number of halogens is 1. The number of nitrogens with one attached hydrogen (secondary N) is 1. The second-order valence-electron chi connectivity index (χ2n) is 9.92. The Morgan fingerprint density at radius 3 is 2.36 bits per heavy atom. The van der Waals surface area contributed by atoms with E-state index in [-0.39, 0.29) is 18.5 Å². The van der Waals surface area contributed by atoms with E-state index in [1.807, 2.05) is 36.2 Å². The molecule has 0 radical (unpaired) electrons. The maximum absolute atomic E-state index is 13.4. The van der Waals surface area contributed by atoms with Gasteiger partial charge in [-0.2, -0.15) is 0 Å². The number of ether oxygens (including phenoxy) is 1. The van der Waals surface area contributed by atoms with Crippen LogP contribution < -0.4 is 25.4 Å². The van der Waals surface area contributed by atoms with E-state index in [1.54, 1.807) is 38.3 Å². The number of aromatic amines is 1. The van der Waals surface area contributed by atoms with Gasteiger partial charge in [-0.25, -0.2) is 4.68 Å². The summed E-state index contributed by atoms with van der Waals surface area (Å²) in [6.07, 6.45) is -0.579. The van der Waals surface area contributed by atoms with E-state index in [9.17, 15) is 15.0 Å². The topological polar surface area (TPSA) is 96.4 Å². The van der Waals surface area contributed by atoms with Crippen molar-refractivity contribution in [2.24, 2.45) is 5.92 Å². The highest BCUT2D eigenvalue weighted by Gasteiger charge is 2.43. The number of methoxy groups -OCH3 is 1. The molecule has 2 atom stereocenters. The number of aryl methyl sites for hydroxylation is 1. The zero-order valence-electron chi connectivity index (χ0n) is 20.3. The molecule has 1 aliphatic heterocycles. The van der Waals surface area contributed by atoms with E-state index in [4.69, 9.17) is 16.3 Å². The molecular formula is C28H32ClN3O4-2. The van der Waals surface area contributed by atoms with Crippen molar-refractivity contribution in [1.82, 2.24) is 9.78 Å². The van der Waals surface area contributed by atoms with Crippen molar-refractivity contribution in [2.45, 2.75) is 51.7 Å². The van der Waals surface area contributed by atoms with Crippen LogP contribution >= 0.6 is 11.6 Å². The monoisotopic (exact) mass is 509 g/mol. The number of H-pyrrole nitrogens is 1. The van der Waals surface area contributed by atoms with Crippen LogP contribution in [0, 0.1) is 12.8 Å². The summed E-state index contributed by atoms with van der Waals surface area (Å²) in [5, 5.41) is 30.4. The summed E-state index contributed by atoms with van der Waals surface area (Å²) in [6, 6.07) is 12.7. The lowest BCUT2D eigenvalue weighted by atomic mass is 9.65. The van der Waals surface area contributed by atoms with E-state index >= 15 is 0 Å². The van der Waals surface area contributed by atoms with E-state index < -0.39 is 29.5 Å². The van der Waals surface area contributed by atoms with Crippen molar-refractivity contribution >= 4 is 17.3 Å². The number of hydrogen-bond acceptors (Lipinski definition) is 5. The number of allylic oxidation sites excluding steroid dienone is 1. The minimum absolute atomic E-state index is 0. The summed E-state index contributed by atoms with van der Waals surface area (Å²) in [7, 11) is 3.51. The molecule has 1 aromatic heterocycles. The fraction of sp³-hybridized carbons (Fsp3) is 0.393. The number of likely N-dealkylation sites (N-methyl/N-ethyl adjacent to an activating group) is 1. The number of nitrogens with zero attached hydrogens (tertiary/aromatic N) is 2. The third-order valence-corrected chi connectivity index (χ3v) is 7.83. The fourth-order valence-electron chi connectivity index (χ4n) is 5.58. The molecule has 2 aliphatic rings. The molecule has 1 saturated carbocycles. The van der Waals surface area contributed by atoms with Crippen LogP contribution in [0.1, 0.15) is 44.0 Å². The van der Waals surface area contributed by atoms with Crippen LogP contribution in [0.15, 0.2) is 59.0 Å². The minimum atomic E-state index is -1.20. The highest BCUT2D eigenvalue weighted by atomic mass is 35.5. The van der Waals surface area contributed by atoms with Gasteiger partial charge in [0.25, 0.3) is 5.56 Å². The third-order valence-electron chi connectivity index (χ3n) is 7.59. The Morgan fingerprint density at radius 2 is 1.75 bits per heavy atom. The van der Waals surface area contributed by atoms with Gasteiger partial charge in [0.05, 0.1) is 12.8 Å². The summed E-state index contributed by atoms with van der Waals surface area (Å²) < 4.78 is 6.55. The van der Waals surface area contributed by atoms with E-state index in [2.05, 4.69) is 18.9 Å². The SMILES string of the molecule is C.COc1ccc(-n2[nH]c(C)c(C3C([O-])C(C=C4N(C)c5ccc(Cl)cc5C4(C)C)C3[O-])c2=O)cc1. The number of aromatic nitrogens is 2. The Morgan fingerprint density at radius 1 is 1.11 bits per heavy atom. The summed E-state index contributed by atoms with van der Waals surface area (Å²) in [6.45, 7) is 5.87. The van der Waals surface area contributed by atoms with Crippen molar-refractivity contribution in [3.8, 4) is 11.4 Å². The summed E-state index contributed by atoms with van der Waals surface area (Å²) >= 11 is 6.24. The van der Waals surface area contributed by atoms with E-state index in [0.29, 0.717) is 22.2 Å². The van der Waals surface area contributed by atoms with Crippen LogP contribution in [-0.2, 0) is 5.41 Å². The first-order valence-electron chi connectivity index (χ1n) is 11.6. The highest BCUT2D eigenvalue weighted by molar-refractivity contribution is 6.30. The van der Waals surface area contributed by atoms with Gasteiger partial charge in [-0.1, -0.05) is 39.0 Å². The first-order chi connectivity index (χ1) is 16.6. The van der Waals surface area contributed by atoms with E-state index in [0.717, 1.165) is 16.9 Å². The van der Waals surface area contributed by atoms with Crippen LogP contribution in [0.2, 0.25) is 5.02 Å². The predicted octanol–water partition coefficient (Wildman–Crippen LogP) is 3.25. The molecule has 7 nitrogen and oxygen atoms in total. The third kappa shape index (κ3) is 3.77. The van der Waals surface area contributed by atoms with Gasteiger partial charge in [0.15, 0.2) is 0 Å². The molecule has 192 valence electrons. The molecule has 0 saturated heterocycles. The smallest absolute Gasteiger partial charge is 0.274 e. The molecule has 1 N–H and O–H groups in total. The van der Waals surface area contributed by atoms with Crippen LogP contribution in [-0.4, -0.2) is 36.1 Å². The summed E-state index contributed by atoms with van der Waals surface area (Å²) in [4.78, 5) is 15.3. The van der Waals surface area contributed by atoms with Gasteiger partial charge in [-0.3, -0.25) is 9.89 Å². The lowest BCUT2D eigenvalue weighted by Crippen LogP contribution is -2.65. The molecule has 0 spiro atoms. The van der Waals surface area contributed by atoms with E-state index in [1.165, 1.54) is 4.68 Å². The van der Waals surface area contributed by atoms with Crippen LogP contribution in [0.5, 0.6) is 5.75 Å². The lowest BCUT2D eigenvalue weighted by molar-refractivity contribution is -0.543. The zero-order valence-corrected chi connectivity index (χ0v) is 21.1. The van der Waals surface area contributed by atoms with Crippen molar-refractivity contribution in [2.75, 3.05) is 19.1 Å². The Kier molecular flexibility index (Phi) is 6.62. The number of fused-ring (bicyclic) bond motifs is 1. The van der Waals surface area contributed by atoms with Gasteiger partial charge >= 0.3 is 0 Å². The molecule has 0 bridgehead atoms. The first-order valence-corrected chi connectivity index (χ1v) is 12.0. The van der Waals surface area contributed by atoms with Crippen molar-refractivity contribution in [3.63, 3.8) is 0 Å². The van der Waals surface area contributed by atoms with Gasteiger partial charge in [-0.15, -0.1) is 12.2 Å². The van der Waals surface area contributed by atoms with Crippen molar-refractivity contribution < 1.29 is 14.9 Å².